The monoisotopic (exact) mass is 482 g/mol. The predicted octanol–water partition coefficient (Wildman–Crippen LogP) is 2.83. The number of aromatic nitrogens is 2. The van der Waals surface area contributed by atoms with Crippen molar-refractivity contribution in [3.05, 3.63) is 70.0 Å². The van der Waals surface area contributed by atoms with Crippen LogP contribution in [-0.4, -0.2) is 72.0 Å². The number of methoxy groups -OCH3 is 1. The molecule has 0 spiro atoms. The highest BCUT2D eigenvalue weighted by Gasteiger charge is 2.23. The number of rotatable bonds is 8. The zero-order chi connectivity index (χ0) is 24.1. The number of nitro groups is 1. The number of nitrogens with zero attached hydrogens (tertiary/aromatic N) is 6. The summed E-state index contributed by atoms with van der Waals surface area (Å²) >= 11 is 1.28. The van der Waals surface area contributed by atoms with E-state index in [1.165, 1.54) is 23.7 Å². The number of benzene rings is 2. The highest BCUT2D eigenvalue weighted by molar-refractivity contribution is 7.09. The van der Waals surface area contributed by atoms with Crippen LogP contribution in [0, 0.1) is 10.1 Å². The molecule has 4 rings (SSSR count). The van der Waals surface area contributed by atoms with Crippen molar-refractivity contribution < 1.29 is 14.5 Å². The lowest BCUT2D eigenvalue weighted by Gasteiger charge is -2.36. The predicted molar refractivity (Wildman–Crippen MR) is 131 cm³/mol. The van der Waals surface area contributed by atoms with Gasteiger partial charge < -0.3 is 19.4 Å². The van der Waals surface area contributed by atoms with Crippen molar-refractivity contribution in [2.45, 2.75) is 6.42 Å². The van der Waals surface area contributed by atoms with Crippen LogP contribution in [0.5, 0.6) is 5.75 Å². The van der Waals surface area contributed by atoms with Crippen LogP contribution >= 0.6 is 11.5 Å². The van der Waals surface area contributed by atoms with Gasteiger partial charge in [-0.3, -0.25) is 14.9 Å². The molecular weight excluding hydrogens is 456 g/mol. The second-order valence-electron chi connectivity index (χ2n) is 8.02. The molecule has 34 heavy (non-hydrogen) atoms. The van der Waals surface area contributed by atoms with Gasteiger partial charge in [0.1, 0.15) is 11.6 Å². The standard InChI is InChI=1S/C23H26N6O4S/c1-26(23-24-21(25-34-23)15-17-4-3-5-20(14-17)33-2)16-22(30)28-12-10-27(11-13-28)18-6-8-19(9-7-18)29(31)32/h3-9,14H,10-13,15-16H2,1-2H3. The Morgan fingerprint density at radius 1 is 1.18 bits per heavy atom. The van der Waals surface area contributed by atoms with Gasteiger partial charge in [0.05, 0.1) is 18.6 Å². The van der Waals surface area contributed by atoms with Gasteiger partial charge in [0, 0.05) is 69.0 Å². The SMILES string of the molecule is COc1cccc(Cc2nsc(N(C)CC(=O)N3CCN(c4ccc([N+](=O)[O-])cc4)CC3)n2)c1. The maximum absolute atomic E-state index is 12.8. The molecule has 0 saturated carbocycles. The lowest BCUT2D eigenvalue weighted by Crippen LogP contribution is -2.51. The van der Waals surface area contributed by atoms with E-state index in [0.29, 0.717) is 43.6 Å². The first-order valence-electron chi connectivity index (χ1n) is 10.9. The minimum Gasteiger partial charge on any atom is -0.497 e. The summed E-state index contributed by atoms with van der Waals surface area (Å²) in [5, 5.41) is 11.5. The molecule has 0 aliphatic carbocycles. The molecule has 1 amide bonds. The Balaban J connectivity index is 1.28. The van der Waals surface area contributed by atoms with Crippen LogP contribution in [0.15, 0.2) is 48.5 Å². The number of non-ortho nitro benzene ring substituents is 1. The zero-order valence-corrected chi connectivity index (χ0v) is 19.9. The van der Waals surface area contributed by atoms with Gasteiger partial charge in [-0.1, -0.05) is 12.1 Å². The van der Waals surface area contributed by atoms with Crippen molar-refractivity contribution >= 4 is 33.9 Å². The van der Waals surface area contributed by atoms with Crippen LogP contribution in [0.2, 0.25) is 0 Å². The van der Waals surface area contributed by atoms with Crippen LogP contribution < -0.4 is 14.5 Å². The topological polar surface area (TPSA) is 105 Å². The van der Waals surface area contributed by atoms with Crippen molar-refractivity contribution in [2.24, 2.45) is 0 Å². The molecule has 0 atom stereocenters. The molecule has 1 aliphatic rings. The lowest BCUT2D eigenvalue weighted by atomic mass is 10.1. The largest absolute Gasteiger partial charge is 0.497 e. The first-order valence-corrected chi connectivity index (χ1v) is 11.6. The lowest BCUT2D eigenvalue weighted by molar-refractivity contribution is -0.384. The summed E-state index contributed by atoms with van der Waals surface area (Å²) in [4.78, 5) is 33.7. The molecule has 2 aromatic carbocycles. The number of ether oxygens (including phenoxy) is 1. The van der Waals surface area contributed by atoms with E-state index < -0.39 is 4.92 Å². The molecule has 11 heteroatoms. The molecule has 2 heterocycles. The van der Waals surface area contributed by atoms with Crippen molar-refractivity contribution in [1.82, 2.24) is 14.3 Å². The Morgan fingerprint density at radius 3 is 2.59 bits per heavy atom. The average Bonchev–Trinajstić information content (AvgIpc) is 3.33. The van der Waals surface area contributed by atoms with Crippen molar-refractivity contribution in [1.29, 1.82) is 0 Å². The van der Waals surface area contributed by atoms with Crippen molar-refractivity contribution in [3.63, 3.8) is 0 Å². The number of likely N-dealkylation sites (N-methyl/N-ethyl adjacent to an activating group) is 1. The quantitative estimate of drug-likeness (QED) is 0.357. The smallest absolute Gasteiger partial charge is 0.269 e. The van der Waals surface area contributed by atoms with E-state index in [1.807, 2.05) is 41.1 Å². The van der Waals surface area contributed by atoms with E-state index in [2.05, 4.69) is 14.3 Å². The number of nitro benzene ring substituents is 1. The molecular formula is C23H26N6O4S. The van der Waals surface area contributed by atoms with Crippen LogP contribution in [0.3, 0.4) is 0 Å². The third-order valence-electron chi connectivity index (χ3n) is 5.71. The van der Waals surface area contributed by atoms with E-state index in [4.69, 9.17) is 4.74 Å². The van der Waals surface area contributed by atoms with Gasteiger partial charge in [0.25, 0.3) is 5.69 Å². The first-order chi connectivity index (χ1) is 16.4. The number of carbonyl (C=O) groups is 1. The maximum Gasteiger partial charge on any atom is 0.269 e. The van der Waals surface area contributed by atoms with E-state index in [1.54, 1.807) is 19.2 Å². The molecule has 178 valence electrons. The Kier molecular flexibility index (Phi) is 7.21. The van der Waals surface area contributed by atoms with Gasteiger partial charge >= 0.3 is 0 Å². The number of amides is 1. The molecule has 0 radical (unpaired) electrons. The van der Waals surface area contributed by atoms with Crippen LogP contribution in [0.25, 0.3) is 0 Å². The van der Waals surface area contributed by atoms with Crippen LogP contribution in [0.4, 0.5) is 16.5 Å². The number of anilines is 2. The van der Waals surface area contributed by atoms with E-state index in [9.17, 15) is 14.9 Å². The number of piperazine rings is 1. The number of hydrogen-bond donors (Lipinski definition) is 0. The Bertz CT molecular complexity index is 1140. The van der Waals surface area contributed by atoms with Gasteiger partial charge in [0.15, 0.2) is 0 Å². The van der Waals surface area contributed by atoms with Gasteiger partial charge in [-0.25, -0.2) is 4.98 Å². The summed E-state index contributed by atoms with van der Waals surface area (Å²) in [7, 11) is 3.49. The van der Waals surface area contributed by atoms with Gasteiger partial charge in [-0.15, -0.1) is 0 Å². The Morgan fingerprint density at radius 2 is 1.91 bits per heavy atom. The zero-order valence-electron chi connectivity index (χ0n) is 19.1. The fourth-order valence-corrected chi connectivity index (χ4v) is 4.45. The summed E-state index contributed by atoms with van der Waals surface area (Å²) in [6.45, 7) is 2.78. The highest BCUT2D eigenvalue weighted by atomic mass is 32.1. The summed E-state index contributed by atoms with van der Waals surface area (Å²) in [5.74, 6) is 1.55. The number of hydrogen-bond acceptors (Lipinski definition) is 9. The van der Waals surface area contributed by atoms with E-state index in [0.717, 1.165) is 17.0 Å². The molecule has 3 aromatic rings. The summed E-state index contributed by atoms with van der Waals surface area (Å²) in [5.41, 5.74) is 2.06. The van der Waals surface area contributed by atoms with Crippen molar-refractivity contribution in [3.8, 4) is 5.75 Å². The second-order valence-corrected chi connectivity index (χ2v) is 8.75. The molecule has 1 saturated heterocycles. The molecule has 0 N–H and O–H groups in total. The van der Waals surface area contributed by atoms with Crippen LogP contribution in [0.1, 0.15) is 11.4 Å². The van der Waals surface area contributed by atoms with Gasteiger partial charge in [-0.05, 0) is 29.8 Å². The Hall–Kier alpha value is -3.73. The fourth-order valence-electron chi connectivity index (χ4n) is 3.81. The minimum atomic E-state index is -0.406. The summed E-state index contributed by atoms with van der Waals surface area (Å²) < 4.78 is 9.71. The summed E-state index contributed by atoms with van der Waals surface area (Å²) in [6.07, 6.45) is 0.597. The molecule has 1 aromatic heterocycles. The molecule has 0 bridgehead atoms. The molecule has 1 aliphatic heterocycles. The molecule has 1 fully saturated rings. The van der Waals surface area contributed by atoms with Gasteiger partial charge in [0.2, 0.25) is 11.0 Å². The fraction of sp³-hybridized carbons (Fsp3) is 0.348. The highest BCUT2D eigenvalue weighted by Crippen LogP contribution is 2.22. The normalized spacial score (nSPS) is 13.6. The molecule has 0 unspecified atom stereocenters. The minimum absolute atomic E-state index is 0.0374. The van der Waals surface area contributed by atoms with Gasteiger partial charge in [-0.2, -0.15) is 4.37 Å². The second kappa shape index (κ2) is 10.5. The first kappa shape index (κ1) is 23.4. The molecule has 10 nitrogen and oxygen atoms in total. The van der Waals surface area contributed by atoms with E-state index in [-0.39, 0.29) is 18.1 Å². The van der Waals surface area contributed by atoms with Crippen molar-refractivity contribution in [2.75, 3.05) is 56.7 Å². The maximum atomic E-state index is 12.8. The Labute approximate surface area is 201 Å². The average molecular weight is 483 g/mol. The number of carbonyl (C=O) groups excluding carboxylic acids is 1. The third-order valence-corrected chi connectivity index (χ3v) is 6.58. The summed E-state index contributed by atoms with van der Waals surface area (Å²) in [6, 6.07) is 14.3. The van der Waals surface area contributed by atoms with E-state index >= 15 is 0 Å². The van der Waals surface area contributed by atoms with Crippen LogP contribution in [-0.2, 0) is 11.2 Å². The third kappa shape index (κ3) is 5.60.